The van der Waals surface area contributed by atoms with Crippen molar-refractivity contribution in [3.8, 4) is 0 Å². The van der Waals surface area contributed by atoms with Gasteiger partial charge in [0.1, 0.15) is 0 Å². The standard InChI is InChI=1S/C18H22N8O2/c1-26-7-5-10-12(3-2-4-14(10)26)21-17-15(16(20)27)24-25-18(23-17)22-13-6-8-28-9-11(13)19/h2-5,7,11,13H,6,8-9,19H2,1H3,(H2,20,27)(H2,21,22,23,25)/t11-,13+/m0/s1. The molecule has 2 atom stereocenters. The minimum Gasteiger partial charge on any atom is -0.380 e. The molecule has 1 saturated heterocycles. The van der Waals surface area contributed by atoms with Crippen LogP contribution in [0.15, 0.2) is 30.5 Å². The molecule has 10 heteroatoms. The molecule has 28 heavy (non-hydrogen) atoms. The molecule has 0 aliphatic carbocycles. The molecule has 3 aromatic rings. The van der Waals surface area contributed by atoms with Crippen molar-refractivity contribution in [1.29, 1.82) is 0 Å². The van der Waals surface area contributed by atoms with Crippen LogP contribution in [0.4, 0.5) is 17.5 Å². The fourth-order valence-corrected chi connectivity index (χ4v) is 3.28. The molecule has 0 spiro atoms. The summed E-state index contributed by atoms with van der Waals surface area (Å²) in [5.74, 6) is -0.200. The number of carbonyl (C=O) groups is 1. The molecule has 1 aliphatic rings. The first-order valence-electron chi connectivity index (χ1n) is 8.98. The van der Waals surface area contributed by atoms with Gasteiger partial charge in [-0.1, -0.05) is 6.07 Å². The molecule has 4 rings (SSSR count). The maximum absolute atomic E-state index is 11.8. The zero-order chi connectivity index (χ0) is 19.7. The number of anilines is 3. The van der Waals surface area contributed by atoms with Crippen LogP contribution in [0.25, 0.3) is 10.9 Å². The summed E-state index contributed by atoms with van der Waals surface area (Å²) in [5, 5.41) is 15.3. The van der Waals surface area contributed by atoms with Gasteiger partial charge in [0.15, 0.2) is 11.5 Å². The minimum absolute atomic E-state index is 0.0326. The summed E-state index contributed by atoms with van der Waals surface area (Å²) in [7, 11) is 1.96. The first kappa shape index (κ1) is 18.1. The van der Waals surface area contributed by atoms with E-state index in [1.165, 1.54) is 0 Å². The summed E-state index contributed by atoms with van der Waals surface area (Å²) in [5.41, 5.74) is 13.3. The maximum Gasteiger partial charge on any atom is 0.273 e. The number of aromatic nitrogens is 4. The predicted octanol–water partition coefficient (Wildman–Crippen LogP) is 0.734. The van der Waals surface area contributed by atoms with Crippen LogP contribution in [0.2, 0.25) is 0 Å². The van der Waals surface area contributed by atoms with E-state index in [0.29, 0.717) is 13.2 Å². The van der Waals surface area contributed by atoms with Crippen LogP contribution >= 0.6 is 0 Å². The fourth-order valence-electron chi connectivity index (χ4n) is 3.28. The Morgan fingerprint density at radius 3 is 2.96 bits per heavy atom. The monoisotopic (exact) mass is 382 g/mol. The third-order valence-electron chi connectivity index (χ3n) is 4.82. The van der Waals surface area contributed by atoms with E-state index in [4.69, 9.17) is 16.2 Å². The van der Waals surface area contributed by atoms with E-state index in [1.54, 1.807) is 0 Å². The second-order valence-corrected chi connectivity index (χ2v) is 6.77. The lowest BCUT2D eigenvalue weighted by atomic mass is 10.1. The van der Waals surface area contributed by atoms with E-state index >= 15 is 0 Å². The average molecular weight is 382 g/mol. The highest BCUT2D eigenvalue weighted by atomic mass is 16.5. The van der Waals surface area contributed by atoms with Gasteiger partial charge in [0.05, 0.1) is 6.61 Å². The Labute approximate surface area is 161 Å². The van der Waals surface area contributed by atoms with Crippen LogP contribution in [0.3, 0.4) is 0 Å². The molecule has 0 bridgehead atoms. The molecule has 6 N–H and O–H groups in total. The maximum atomic E-state index is 11.8. The summed E-state index contributed by atoms with van der Waals surface area (Å²) in [6.07, 6.45) is 2.69. The number of fused-ring (bicyclic) bond motifs is 1. The number of hydrogen-bond acceptors (Lipinski definition) is 8. The second-order valence-electron chi connectivity index (χ2n) is 6.77. The van der Waals surface area contributed by atoms with E-state index in [0.717, 1.165) is 23.0 Å². The van der Waals surface area contributed by atoms with E-state index < -0.39 is 5.91 Å². The van der Waals surface area contributed by atoms with Crippen molar-refractivity contribution in [2.45, 2.75) is 18.5 Å². The largest absolute Gasteiger partial charge is 0.380 e. The summed E-state index contributed by atoms with van der Waals surface area (Å²) in [6, 6.07) is 7.59. The van der Waals surface area contributed by atoms with Gasteiger partial charge < -0.3 is 31.4 Å². The van der Waals surface area contributed by atoms with Crippen LogP contribution in [-0.4, -0.2) is 51.0 Å². The normalized spacial score (nSPS) is 19.5. The van der Waals surface area contributed by atoms with Crippen molar-refractivity contribution >= 4 is 34.3 Å². The van der Waals surface area contributed by atoms with Crippen molar-refractivity contribution in [2.24, 2.45) is 18.5 Å². The van der Waals surface area contributed by atoms with E-state index in [9.17, 15) is 4.79 Å². The highest BCUT2D eigenvalue weighted by molar-refractivity contribution is 5.99. The number of primary amides is 1. The molecule has 10 nitrogen and oxygen atoms in total. The minimum atomic E-state index is -0.711. The van der Waals surface area contributed by atoms with Gasteiger partial charge in [0, 0.05) is 48.5 Å². The number of amides is 1. The Morgan fingerprint density at radius 2 is 2.18 bits per heavy atom. The zero-order valence-corrected chi connectivity index (χ0v) is 15.4. The van der Waals surface area contributed by atoms with Crippen LogP contribution < -0.4 is 22.1 Å². The van der Waals surface area contributed by atoms with Gasteiger partial charge in [0.2, 0.25) is 5.95 Å². The molecule has 146 valence electrons. The Morgan fingerprint density at radius 1 is 1.32 bits per heavy atom. The topological polar surface area (TPSA) is 146 Å². The van der Waals surface area contributed by atoms with Gasteiger partial charge in [-0.15, -0.1) is 10.2 Å². The summed E-state index contributed by atoms with van der Waals surface area (Å²) in [6.45, 7) is 1.07. The molecule has 3 heterocycles. The third-order valence-corrected chi connectivity index (χ3v) is 4.82. The molecular weight excluding hydrogens is 360 g/mol. The van der Waals surface area contributed by atoms with Crippen LogP contribution in [0.5, 0.6) is 0 Å². The zero-order valence-electron chi connectivity index (χ0n) is 15.4. The molecule has 1 aromatic carbocycles. The highest BCUT2D eigenvalue weighted by Gasteiger charge is 2.24. The molecule has 1 fully saturated rings. The average Bonchev–Trinajstić information content (AvgIpc) is 3.06. The number of carbonyl (C=O) groups excluding carboxylic acids is 1. The van der Waals surface area contributed by atoms with Crippen molar-refractivity contribution in [3.05, 3.63) is 36.2 Å². The third kappa shape index (κ3) is 3.47. The Hall–Kier alpha value is -3.24. The van der Waals surface area contributed by atoms with E-state index in [-0.39, 0.29) is 29.5 Å². The summed E-state index contributed by atoms with van der Waals surface area (Å²) < 4.78 is 7.36. The first-order valence-corrected chi connectivity index (χ1v) is 8.98. The SMILES string of the molecule is Cn1ccc2c(Nc3nc(N[C@@H]4CCOC[C@@H]4N)nnc3C(N)=O)cccc21. The number of nitrogens with one attached hydrogen (secondary N) is 2. The lowest BCUT2D eigenvalue weighted by molar-refractivity contribution is 0.0751. The Kier molecular flexibility index (Phi) is 4.80. The number of benzene rings is 1. The molecule has 1 amide bonds. The lowest BCUT2D eigenvalue weighted by Gasteiger charge is -2.29. The first-order chi connectivity index (χ1) is 13.5. The van der Waals surface area contributed by atoms with Gasteiger partial charge >= 0.3 is 0 Å². The Bertz CT molecular complexity index is 1020. The Balaban J connectivity index is 1.67. The number of nitrogens with two attached hydrogens (primary N) is 2. The van der Waals surface area contributed by atoms with Crippen molar-refractivity contribution in [1.82, 2.24) is 19.7 Å². The lowest BCUT2D eigenvalue weighted by Crippen LogP contribution is -2.48. The second kappa shape index (κ2) is 7.41. The summed E-state index contributed by atoms with van der Waals surface area (Å²) in [4.78, 5) is 16.2. The van der Waals surface area contributed by atoms with E-state index in [1.807, 2.05) is 42.1 Å². The van der Waals surface area contributed by atoms with Gasteiger partial charge in [-0.05, 0) is 24.6 Å². The number of nitrogens with zero attached hydrogens (tertiary/aromatic N) is 4. The number of aryl methyl sites for hydroxylation is 1. The van der Waals surface area contributed by atoms with E-state index in [2.05, 4.69) is 25.8 Å². The fraction of sp³-hybridized carbons (Fsp3) is 0.333. The van der Waals surface area contributed by atoms with Gasteiger partial charge in [-0.25, -0.2) is 0 Å². The van der Waals surface area contributed by atoms with Crippen LogP contribution in [0.1, 0.15) is 16.9 Å². The number of hydrogen-bond donors (Lipinski definition) is 4. The highest BCUT2D eigenvalue weighted by Crippen LogP contribution is 2.27. The predicted molar refractivity (Wildman–Crippen MR) is 105 cm³/mol. The van der Waals surface area contributed by atoms with Gasteiger partial charge in [-0.3, -0.25) is 4.79 Å². The van der Waals surface area contributed by atoms with Crippen molar-refractivity contribution < 1.29 is 9.53 Å². The molecule has 0 saturated carbocycles. The molecule has 0 radical (unpaired) electrons. The quantitative estimate of drug-likeness (QED) is 0.505. The van der Waals surface area contributed by atoms with Gasteiger partial charge in [-0.2, -0.15) is 4.98 Å². The smallest absolute Gasteiger partial charge is 0.273 e. The molecule has 2 aromatic heterocycles. The van der Waals surface area contributed by atoms with Crippen molar-refractivity contribution in [3.63, 3.8) is 0 Å². The molecule has 0 unspecified atom stereocenters. The van der Waals surface area contributed by atoms with Crippen LogP contribution in [-0.2, 0) is 11.8 Å². The molecular formula is C18H22N8O2. The van der Waals surface area contributed by atoms with Crippen molar-refractivity contribution in [2.75, 3.05) is 23.8 Å². The summed E-state index contributed by atoms with van der Waals surface area (Å²) >= 11 is 0. The number of rotatable bonds is 5. The van der Waals surface area contributed by atoms with Crippen LogP contribution in [0, 0.1) is 0 Å². The van der Waals surface area contributed by atoms with Gasteiger partial charge in [0.25, 0.3) is 5.91 Å². The molecule has 1 aliphatic heterocycles. The number of ether oxygens (including phenoxy) is 1.